The van der Waals surface area contributed by atoms with Gasteiger partial charge in [-0.1, -0.05) is 48.5 Å². The first-order chi connectivity index (χ1) is 9.34. The SMILES string of the molecule is O=C(NCc1ccccc1)c1ccccc1C1CC1. The molecule has 2 aromatic carbocycles. The molecule has 0 heterocycles. The van der Waals surface area contributed by atoms with E-state index in [9.17, 15) is 4.79 Å². The maximum absolute atomic E-state index is 12.3. The number of rotatable bonds is 4. The lowest BCUT2D eigenvalue weighted by atomic mass is 10.0. The summed E-state index contributed by atoms with van der Waals surface area (Å²) in [5, 5.41) is 3.00. The van der Waals surface area contributed by atoms with Crippen molar-refractivity contribution >= 4 is 5.91 Å². The van der Waals surface area contributed by atoms with Crippen molar-refractivity contribution in [2.45, 2.75) is 25.3 Å². The Morgan fingerprint density at radius 2 is 1.68 bits per heavy atom. The molecule has 2 aromatic rings. The molecular weight excluding hydrogens is 234 g/mol. The zero-order valence-electron chi connectivity index (χ0n) is 10.8. The number of amides is 1. The van der Waals surface area contributed by atoms with Gasteiger partial charge in [0, 0.05) is 12.1 Å². The molecule has 0 spiro atoms. The maximum Gasteiger partial charge on any atom is 0.251 e. The van der Waals surface area contributed by atoms with Crippen LogP contribution >= 0.6 is 0 Å². The third-order valence-electron chi connectivity index (χ3n) is 3.52. The van der Waals surface area contributed by atoms with Crippen molar-refractivity contribution in [3.63, 3.8) is 0 Å². The molecule has 0 aromatic heterocycles. The topological polar surface area (TPSA) is 29.1 Å². The third kappa shape index (κ3) is 2.84. The lowest BCUT2D eigenvalue weighted by Gasteiger charge is -2.09. The Bertz CT molecular complexity index is 573. The van der Waals surface area contributed by atoms with Gasteiger partial charge in [-0.25, -0.2) is 0 Å². The highest BCUT2D eigenvalue weighted by Gasteiger charge is 2.27. The Labute approximate surface area is 113 Å². The molecule has 1 aliphatic rings. The van der Waals surface area contributed by atoms with Gasteiger partial charge in [0.2, 0.25) is 0 Å². The number of nitrogens with one attached hydrogen (secondary N) is 1. The molecule has 2 nitrogen and oxygen atoms in total. The van der Waals surface area contributed by atoms with Crippen LogP contribution in [-0.4, -0.2) is 5.91 Å². The van der Waals surface area contributed by atoms with Gasteiger partial charge in [0.1, 0.15) is 0 Å². The van der Waals surface area contributed by atoms with Crippen LogP contribution in [0.25, 0.3) is 0 Å². The molecule has 1 fully saturated rings. The van der Waals surface area contributed by atoms with E-state index in [0.717, 1.165) is 11.1 Å². The molecule has 0 saturated heterocycles. The van der Waals surface area contributed by atoms with Crippen molar-refractivity contribution in [2.24, 2.45) is 0 Å². The molecule has 1 amide bonds. The summed E-state index contributed by atoms with van der Waals surface area (Å²) >= 11 is 0. The summed E-state index contributed by atoms with van der Waals surface area (Å²) in [7, 11) is 0. The second-order valence-corrected chi connectivity index (χ2v) is 5.03. The summed E-state index contributed by atoms with van der Waals surface area (Å²) in [5.41, 5.74) is 3.16. The van der Waals surface area contributed by atoms with E-state index in [1.165, 1.54) is 18.4 Å². The molecule has 1 aliphatic carbocycles. The predicted octanol–water partition coefficient (Wildman–Crippen LogP) is 3.49. The van der Waals surface area contributed by atoms with Gasteiger partial charge < -0.3 is 5.32 Å². The summed E-state index contributed by atoms with van der Waals surface area (Å²) in [4.78, 5) is 12.3. The van der Waals surface area contributed by atoms with Crippen molar-refractivity contribution in [1.29, 1.82) is 0 Å². The van der Waals surface area contributed by atoms with Gasteiger partial charge in [-0.2, -0.15) is 0 Å². The molecule has 19 heavy (non-hydrogen) atoms. The van der Waals surface area contributed by atoms with Crippen LogP contribution in [-0.2, 0) is 6.54 Å². The zero-order valence-corrected chi connectivity index (χ0v) is 10.8. The molecule has 96 valence electrons. The Kier molecular flexibility index (Phi) is 3.32. The molecule has 0 bridgehead atoms. The summed E-state index contributed by atoms with van der Waals surface area (Å²) in [6.07, 6.45) is 2.42. The van der Waals surface area contributed by atoms with E-state index in [-0.39, 0.29) is 5.91 Å². The van der Waals surface area contributed by atoms with Crippen molar-refractivity contribution < 1.29 is 4.79 Å². The summed E-state index contributed by atoms with van der Waals surface area (Å²) in [5.74, 6) is 0.630. The minimum absolute atomic E-state index is 0.0337. The molecule has 0 unspecified atom stereocenters. The summed E-state index contributed by atoms with van der Waals surface area (Å²) in [6.45, 7) is 0.582. The van der Waals surface area contributed by atoms with Gasteiger partial charge in [0.25, 0.3) is 5.91 Å². The molecule has 2 heteroatoms. The molecule has 0 aliphatic heterocycles. The zero-order chi connectivity index (χ0) is 13.1. The average molecular weight is 251 g/mol. The van der Waals surface area contributed by atoms with Gasteiger partial charge in [-0.15, -0.1) is 0 Å². The number of carbonyl (C=O) groups excluding carboxylic acids is 1. The van der Waals surface area contributed by atoms with Crippen LogP contribution in [0.4, 0.5) is 0 Å². The lowest BCUT2D eigenvalue weighted by Crippen LogP contribution is -2.23. The lowest BCUT2D eigenvalue weighted by molar-refractivity contribution is 0.0950. The smallest absolute Gasteiger partial charge is 0.251 e. The summed E-state index contributed by atoms with van der Waals surface area (Å²) in [6, 6.07) is 17.9. The largest absolute Gasteiger partial charge is 0.348 e. The van der Waals surface area contributed by atoms with Gasteiger partial charge in [0.05, 0.1) is 0 Å². The normalized spacial score (nSPS) is 14.1. The van der Waals surface area contributed by atoms with E-state index < -0.39 is 0 Å². The average Bonchev–Trinajstić information content (AvgIpc) is 3.30. The Balaban J connectivity index is 1.70. The number of hydrogen-bond donors (Lipinski definition) is 1. The van der Waals surface area contributed by atoms with Gasteiger partial charge >= 0.3 is 0 Å². The van der Waals surface area contributed by atoms with E-state index >= 15 is 0 Å². The van der Waals surface area contributed by atoms with E-state index in [2.05, 4.69) is 11.4 Å². The molecule has 3 rings (SSSR count). The maximum atomic E-state index is 12.3. The van der Waals surface area contributed by atoms with Crippen molar-refractivity contribution in [3.8, 4) is 0 Å². The fourth-order valence-corrected chi connectivity index (χ4v) is 2.33. The number of carbonyl (C=O) groups is 1. The number of benzene rings is 2. The van der Waals surface area contributed by atoms with Gasteiger partial charge in [0.15, 0.2) is 0 Å². The van der Waals surface area contributed by atoms with Crippen LogP contribution in [0.3, 0.4) is 0 Å². The molecule has 1 saturated carbocycles. The van der Waals surface area contributed by atoms with Crippen LogP contribution in [0.1, 0.15) is 40.2 Å². The second kappa shape index (κ2) is 5.27. The van der Waals surface area contributed by atoms with Crippen LogP contribution in [0.2, 0.25) is 0 Å². The van der Waals surface area contributed by atoms with Gasteiger partial charge in [-0.05, 0) is 36.0 Å². The Hall–Kier alpha value is -2.09. The fourth-order valence-electron chi connectivity index (χ4n) is 2.33. The fraction of sp³-hybridized carbons (Fsp3) is 0.235. The molecule has 0 radical (unpaired) electrons. The molecule has 0 atom stereocenters. The molecular formula is C17H17NO. The van der Waals surface area contributed by atoms with Crippen molar-refractivity contribution in [3.05, 3.63) is 71.3 Å². The van der Waals surface area contributed by atoms with E-state index in [1.54, 1.807) is 0 Å². The van der Waals surface area contributed by atoms with E-state index in [1.807, 2.05) is 48.5 Å². The van der Waals surface area contributed by atoms with E-state index in [4.69, 9.17) is 0 Å². The monoisotopic (exact) mass is 251 g/mol. The van der Waals surface area contributed by atoms with Crippen molar-refractivity contribution in [1.82, 2.24) is 5.32 Å². The minimum Gasteiger partial charge on any atom is -0.348 e. The first-order valence-corrected chi connectivity index (χ1v) is 6.75. The van der Waals surface area contributed by atoms with Crippen LogP contribution in [0.5, 0.6) is 0 Å². The predicted molar refractivity (Wildman–Crippen MR) is 76.0 cm³/mol. The summed E-state index contributed by atoms with van der Waals surface area (Å²) < 4.78 is 0. The quantitative estimate of drug-likeness (QED) is 0.885. The van der Waals surface area contributed by atoms with Crippen LogP contribution in [0, 0.1) is 0 Å². The van der Waals surface area contributed by atoms with Gasteiger partial charge in [-0.3, -0.25) is 4.79 Å². The Morgan fingerprint density at radius 3 is 2.42 bits per heavy atom. The van der Waals surface area contributed by atoms with E-state index in [0.29, 0.717) is 12.5 Å². The molecule has 1 N–H and O–H groups in total. The van der Waals surface area contributed by atoms with Crippen LogP contribution in [0.15, 0.2) is 54.6 Å². The Morgan fingerprint density at radius 1 is 1.00 bits per heavy atom. The number of hydrogen-bond acceptors (Lipinski definition) is 1. The minimum atomic E-state index is 0.0337. The standard InChI is InChI=1S/C17H17NO/c19-17(18-12-13-6-2-1-3-7-13)16-9-5-4-8-15(16)14-10-11-14/h1-9,14H,10-12H2,(H,18,19). The second-order valence-electron chi connectivity index (χ2n) is 5.03. The highest BCUT2D eigenvalue weighted by atomic mass is 16.1. The van der Waals surface area contributed by atoms with Crippen LogP contribution < -0.4 is 5.32 Å². The highest BCUT2D eigenvalue weighted by molar-refractivity contribution is 5.95. The van der Waals surface area contributed by atoms with Crippen molar-refractivity contribution in [2.75, 3.05) is 0 Å². The first kappa shape index (κ1) is 12.0. The third-order valence-corrected chi connectivity index (χ3v) is 3.52. The highest BCUT2D eigenvalue weighted by Crippen LogP contribution is 2.41. The first-order valence-electron chi connectivity index (χ1n) is 6.75.